The summed E-state index contributed by atoms with van der Waals surface area (Å²) in [7, 11) is 0. The maximum Gasteiger partial charge on any atom is 0.417 e. The highest BCUT2D eigenvalue weighted by Crippen LogP contribution is 2.49. The summed E-state index contributed by atoms with van der Waals surface area (Å²) in [6, 6.07) is -0.108. The molecule has 0 spiro atoms. The number of ether oxygens (including phenoxy) is 1. The normalized spacial score (nSPS) is 33.4. The van der Waals surface area contributed by atoms with Crippen LogP contribution in [0.3, 0.4) is 0 Å². The molecule has 1 saturated heterocycles. The number of rotatable bonds is 2. The molecule has 2 rings (SSSR count). The molecule has 104 valence electrons. The second-order valence-electron chi connectivity index (χ2n) is 6.24. The third-order valence-corrected chi connectivity index (χ3v) is 3.83. The second-order valence-corrected chi connectivity index (χ2v) is 6.24. The lowest BCUT2D eigenvalue weighted by Crippen LogP contribution is -2.64. The van der Waals surface area contributed by atoms with Gasteiger partial charge in [0, 0.05) is 0 Å². The van der Waals surface area contributed by atoms with Crippen LogP contribution < -0.4 is 0 Å². The molecular weight excluding hydrogens is 242 g/mol. The maximum atomic E-state index is 12.1. The fourth-order valence-electron chi connectivity index (χ4n) is 3.03. The van der Waals surface area contributed by atoms with Crippen molar-refractivity contribution in [3.63, 3.8) is 0 Å². The first-order valence-electron chi connectivity index (χ1n) is 6.61. The summed E-state index contributed by atoms with van der Waals surface area (Å²) in [5.41, 5.74) is -0.595. The summed E-state index contributed by atoms with van der Waals surface area (Å²) in [6.45, 7) is 12.9. The molecule has 0 aromatic rings. The molecule has 4 nitrogen and oxygen atoms in total. The highest BCUT2D eigenvalue weighted by molar-refractivity contribution is 6.00. The van der Waals surface area contributed by atoms with Crippen molar-refractivity contribution < 1.29 is 14.3 Å². The zero-order valence-electron chi connectivity index (χ0n) is 11.8. The number of hydrogen-bond acceptors (Lipinski definition) is 3. The fraction of sp³-hybridized carbons (Fsp3) is 0.600. The highest BCUT2D eigenvalue weighted by Gasteiger charge is 2.60. The SMILES string of the molecule is C=C[C@@H]1C[C@H](C=C)[C@@H]2[C@H]1C(=O)N2C(=O)OC(C)(C)C. The minimum atomic E-state index is -0.595. The molecule has 1 aliphatic heterocycles. The first-order chi connectivity index (χ1) is 8.80. The molecule has 2 amide bonds. The third-order valence-electron chi connectivity index (χ3n) is 3.83. The number of carbonyl (C=O) groups is 2. The van der Waals surface area contributed by atoms with Gasteiger partial charge in [0.2, 0.25) is 5.91 Å². The Morgan fingerprint density at radius 3 is 2.37 bits per heavy atom. The average Bonchev–Trinajstić information content (AvgIpc) is 2.60. The summed E-state index contributed by atoms with van der Waals surface area (Å²) in [4.78, 5) is 25.5. The van der Waals surface area contributed by atoms with Crippen LogP contribution in [0.15, 0.2) is 25.3 Å². The van der Waals surface area contributed by atoms with Crippen molar-refractivity contribution in [3.8, 4) is 0 Å². The molecule has 1 heterocycles. The molecular formula is C15H21NO3. The van der Waals surface area contributed by atoms with E-state index in [-0.39, 0.29) is 29.7 Å². The van der Waals surface area contributed by atoms with Gasteiger partial charge in [0.15, 0.2) is 0 Å². The first-order valence-corrected chi connectivity index (χ1v) is 6.61. The number of hydrogen-bond donors (Lipinski definition) is 0. The minimum Gasteiger partial charge on any atom is -0.443 e. The van der Waals surface area contributed by atoms with Gasteiger partial charge >= 0.3 is 6.09 Å². The molecule has 4 atom stereocenters. The Kier molecular flexibility index (Phi) is 3.29. The molecule has 0 unspecified atom stereocenters. The van der Waals surface area contributed by atoms with Crippen LogP contribution in [-0.4, -0.2) is 28.5 Å². The molecule has 0 aromatic carbocycles. The molecule has 0 N–H and O–H groups in total. The third kappa shape index (κ3) is 2.20. The highest BCUT2D eigenvalue weighted by atomic mass is 16.6. The van der Waals surface area contributed by atoms with Crippen molar-refractivity contribution >= 4 is 12.0 Å². The van der Waals surface area contributed by atoms with E-state index in [9.17, 15) is 9.59 Å². The van der Waals surface area contributed by atoms with E-state index in [1.165, 1.54) is 4.90 Å². The van der Waals surface area contributed by atoms with Gasteiger partial charge in [-0.1, -0.05) is 12.2 Å². The molecule has 4 heteroatoms. The van der Waals surface area contributed by atoms with E-state index in [2.05, 4.69) is 13.2 Å². The van der Waals surface area contributed by atoms with Crippen LogP contribution in [0.1, 0.15) is 27.2 Å². The zero-order valence-corrected chi connectivity index (χ0v) is 11.8. The summed E-state index contributed by atoms with van der Waals surface area (Å²) >= 11 is 0. The number of carbonyl (C=O) groups excluding carboxylic acids is 2. The van der Waals surface area contributed by atoms with E-state index < -0.39 is 11.7 Å². The van der Waals surface area contributed by atoms with Crippen LogP contribution in [0.5, 0.6) is 0 Å². The van der Waals surface area contributed by atoms with E-state index in [4.69, 9.17) is 4.74 Å². The lowest BCUT2D eigenvalue weighted by Gasteiger charge is -2.44. The summed E-state index contributed by atoms with van der Waals surface area (Å²) in [6.07, 6.45) is 3.92. The summed E-state index contributed by atoms with van der Waals surface area (Å²) < 4.78 is 5.29. The standard InChI is InChI=1S/C15H21NO3/c1-6-9-8-10(7-2)12-11(9)13(17)16(12)14(18)19-15(3,4)5/h6-7,9-12H,1-2,8H2,3-5H3/t9-,10+,11+,12-/m1/s1. The molecule has 2 aliphatic rings. The Balaban J connectivity index is 2.17. The maximum absolute atomic E-state index is 12.1. The van der Waals surface area contributed by atoms with E-state index in [0.717, 1.165) is 6.42 Å². The van der Waals surface area contributed by atoms with Gasteiger partial charge in [-0.05, 0) is 39.0 Å². The van der Waals surface area contributed by atoms with Gasteiger partial charge in [-0.15, -0.1) is 13.2 Å². The number of nitrogens with zero attached hydrogens (tertiary/aromatic N) is 1. The van der Waals surface area contributed by atoms with Crippen molar-refractivity contribution in [2.24, 2.45) is 17.8 Å². The van der Waals surface area contributed by atoms with Crippen LogP contribution in [0.25, 0.3) is 0 Å². The van der Waals surface area contributed by atoms with Crippen molar-refractivity contribution in [2.45, 2.75) is 38.8 Å². The van der Waals surface area contributed by atoms with E-state index in [0.29, 0.717) is 0 Å². The van der Waals surface area contributed by atoms with Crippen molar-refractivity contribution in [3.05, 3.63) is 25.3 Å². The van der Waals surface area contributed by atoms with Gasteiger partial charge in [0.1, 0.15) is 5.60 Å². The van der Waals surface area contributed by atoms with Crippen molar-refractivity contribution in [2.75, 3.05) is 0 Å². The van der Waals surface area contributed by atoms with E-state index in [1.807, 2.05) is 12.2 Å². The topological polar surface area (TPSA) is 46.6 Å². The van der Waals surface area contributed by atoms with Crippen LogP contribution in [0.4, 0.5) is 4.79 Å². The Labute approximate surface area is 114 Å². The van der Waals surface area contributed by atoms with Crippen LogP contribution in [-0.2, 0) is 9.53 Å². The summed E-state index contributed by atoms with van der Waals surface area (Å²) in [5, 5.41) is 0. The lowest BCUT2D eigenvalue weighted by atomic mass is 9.83. The summed E-state index contributed by atoms with van der Waals surface area (Å²) in [5.74, 6) is -0.000997. The quantitative estimate of drug-likeness (QED) is 0.568. The van der Waals surface area contributed by atoms with Gasteiger partial charge in [-0.3, -0.25) is 4.79 Å². The molecule has 0 aromatic heterocycles. The van der Waals surface area contributed by atoms with Gasteiger partial charge in [0.05, 0.1) is 12.0 Å². The van der Waals surface area contributed by atoms with E-state index >= 15 is 0 Å². The Hall–Kier alpha value is -1.58. The van der Waals surface area contributed by atoms with Crippen LogP contribution >= 0.6 is 0 Å². The number of likely N-dealkylation sites (tertiary alicyclic amines) is 1. The van der Waals surface area contributed by atoms with Crippen LogP contribution in [0, 0.1) is 17.8 Å². The van der Waals surface area contributed by atoms with Gasteiger partial charge in [-0.25, -0.2) is 9.69 Å². The average molecular weight is 263 g/mol. The Morgan fingerprint density at radius 2 is 1.89 bits per heavy atom. The molecule has 0 radical (unpaired) electrons. The smallest absolute Gasteiger partial charge is 0.417 e. The van der Waals surface area contributed by atoms with Crippen molar-refractivity contribution in [1.82, 2.24) is 4.90 Å². The van der Waals surface area contributed by atoms with E-state index in [1.54, 1.807) is 20.8 Å². The minimum absolute atomic E-state index is 0.108. The second kappa shape index (κ2) is 4.51. The fourth-order valence-corrected chi connectivity index (χ4v) is 3.03. The number of imide groups is 1. The number of β-lactam (4-membered cyclic amide) rings is 1. The predicted octanol–water partition coefficient (Wildman–Crippen LogP) is 2.76. The number of amides is 2. The monoisotopic (exact) mass is 263 g/mol. The Bertz CT molecular complexity index is 435. The van der Waals surface area contributed by atoms with Gasteiger partial charge in [0.25, 0.3) is 0 Å². The molecule has 1 aliphatic carbocycles. The number of allylic oxidation sites excluding steroid dienone is 1. The lowest BCUT2D eigenvalue weighted by molar-refractivity contribution is -0.154. The zero-order chi connectivity index (χ0) is 14.4. The van der Waals surface area contributed by atoms with Gasteiger partial charge in [-0.2, -0.15) is 0 Å². The predicted molar refractivity (Wildman–Crippen MR) is 72.3 cm³/mol. The van der Waals surface area contributed by atoms with Gasteiger partial charge < -0.3 is 4.74 Å². The number of fused-ring (bicyclic) bond motifs is 1. The first kappa shape index (κ1) is 13.8. The molecule has 19 heavy (non-hydrogen) atoms. The molecule has 2 fully saturated rings. The molecule has 1 saturated carbocycles. The van der Waals surface area contributed by atoms with Crippen LogP contribution in [0.2, 0.25) is 0 Å². The van der Waals surface area contributed by atoms with Crippen molar-refractivity contribution in [1.29, 1.82) is 0 Å². The Morgan fingerprint density at radius 1 is 1.32 bits per heavy atom. The molecule has 0 bridgehead atoms. The largest absolute Gasteiger partial charge is 0.443 e.